The van der Waals surface area contributed by atoms with Gasteiger partial charge in [-0.2, -0.15) is 15.1 Å². The van der Waals surface area contributed by atoms with Crippen LogP contribution in [0.15, 0.2) is 6.20 Å². The van der Waals surface area contributed by atoms with E-state index in [-0.39, 0.29) is 5.28 Å². The highest BCUT2D eigenvalue weighted by Gasteiger charge is 2.29. The molecular weight excluding hydrogens is 250 g/mol. The quantitative estimate of drug-likeness (QED) is 0.848. The van der Waals surface area contributed by atoms with Crippen molar-refractivity contribution in [2.75, 3.05) is 11.4 Å². The fourth-order valence-electron chi connectivity index (χ4n) is 2.76. The molecule has 3 rings (SSSR count). The van der Waals surface area contributed by atoms with Gasteiger partial charge in [-0.15, -0.1) is 0 Å². The van der Waals surface area contributed by atoms with E-state index in [2.05, 4.69) is 38.9 Å². The Balaban J connectivity index is 2.10. The zero-order valence-corrected chi connectivity index (χ0v) is 11.3. The smallest absolute Gasteiger partial charge is 0.226 e. The van der Waals surface area contributed by atoms with Crippen LogP contribution in [0.25, 0.3) is 11.0 Å². The van der Waals surface area contributed by atoms with Crippen molar-refractivity contribution in [1.82, 2.24) is 20.2 Å². The number of rotatable bonds is 2. The van der Waals surface area contributed by atoms with Crippen LogP contribution in [-0.2, 0) is 0 Å². The van der Waals surface area contributed by atoms with Gasteiger partial charge in [0.15, 0.2) is 5.65 Å². The van der Waals surface area contributed by atoms with E-state index in [1.165, 1.54) is 12.8 Å². The molecule has 1 unspecified atom stereocenters. The summed E-state index contributed by atoms with van der Waals surface area (Å²) in [5.74, 6) is 1.51. The summed E-state index contributed by atoms with van der Waals surface area (Å²) in [7, 11) is 0. The first kappa shape index (κ1) is 11.7. The number of nitrogens with one attached hydrogen (secondary N) is 1. The summed E-state index contributed by atoms with van der Waals surface area (Å²) < 4.78 is 0. The van der Waals surface area contributed by atoms with Crippen LogP contribution >= 0.6 is 11.6 Å². The monoisotopic (exact) mass is 265 g/mol. The van der Waals surface area contributed by atoms with E-state index in [4.69, 9.17) is 11.6 Å². The Labute approximate surface area is 111 Å². The molecule has 6 heteroatoms. The van der Waals surface area contributed by atoms with Crippen LogP contribution in [0.4, 0.5) is 5.82 Å². The second-order valence-corrected chi connectivity index (χ2v) is 5.43. The third kappa shape index (κ3) is 1.82. The minimum Gasteiger partial charge on any atom is -0.353 e. The lowest BCUT2D eigenvalue weighted by Crippen LogP contribution is -2.34. The molecule has 0 aliphatic carbocycles. The van der Waals surface area contributed by atoms with Crippen molar-refractivity contribution in [3.8, 4) is 0 Å². The predicted octanol–water partition coefficient (Wildman–Crippen LogP) is 2.63. The molecule has 1 aliphatic rings. The lowest BCUT2D eigenvalue weighted by Gasteiger charge is -2.28. The van der Waals surface area contributed by atoms with Crippen LogP contribution in [0.1, 0.15) is 26.7 Å². The average molecular weight is 266 g/mol. The number of aromatic nitrogens is 4. The van der Waals surface area contributed by atoms with Gasteiger partial charge in [0.25, 0.3) is 0 Å². The highest BCUT2D eigenvalue weighted by atomic mass is 35.5. The van der Waals surface area contributed by atoms with Crippen LogP contribution in [0.2, 0.25) is 5.28 Å². The standard InChI is InChI=1S/C12H16ClN5/c1-7(2)9-4-3-5-18(9)11-8-6-14-17-10(8)15-12(13)16-11/h6-7,9H,3-5H2,1-2H3,(H,14,15,16,17). The molecule has 5 nitrogen and oxygen atoms in total. The van der Waals surface area contributed by atoms with Gasteiger partial charge in [0.1, 0.15) is 5.82 Å². The molecule has 1 aliphatic heterocycles. The first-order valence-electron chi connectivity index (χ1n) is 6.30. The van der Waals surface area contributed by atoms with E-state index < -0.39 is 0 Å². The minimum absolute atomic E-state index is 0.274. The summed E-state index contributed by atoms with van der Waals surface area (Å²) in [6, 6.07) is 0.522. The van der Waals surface area contributed by atoms with Crippen molar-refractivity contribution < 1.29 is 0 Å². The van der Waals surface area contributed by atoms with Crippen LogP contribution < -0.4 is 4.90 Å². The largest absolute Gasteiger partial charge is 0.353 e. The summed E-state index contributed by atoms with van der Waals surface area (Å²) in [6.07, 6.45) is 4.18. The summed E-state index contributed by atoms with van der Waals surface area (Å²) in [5.41, 5.74) is 0.708. The first-order chi connectivity index (χ1) is 8.66. The Morgan fingerprint density at radius 3 is 3.06 bits per heavy atom. The molecule has 0 bridgehead atoms. The van der Waals surface area contributed by atoms with E-state index in [1.807, 2.05) is 0 Å². The normalized spacial score (nSPS) is 20.2. The molecule has 0 saturated carbocycles. The maximum Gasteiger partial charge on any atom is 0.226 e. The molecule has 1 saturated heterocycles. The van der Waals surface area contributed by atoms with Crippen molar-refractivity contribution in [1.29, 1.82) is 0 Å². The van der Waals surface area contributed by atoms with Gasteiger partial charge in [0.2, 0.25) is 5.28 Å². The van der Waals surface area contributed by atoms with Gasteiger partial charge in [0, 0.05) is 12.6 Å². The number of H-pyrrole nitrogens is 1. The number of hydrogen-bond acceptors (Lipinski definition) is 4. The van der Waals surface area contributed by atoms with E-state index >= 15 is 0 Å². The van der Waals surface area contributed by atoms with Crippen molar-refractivity contribution in [2.24, 2.45) is 5.92 Å². The number of hydrogen-bond donors (Lipinski definition) is 1. The molecule has 3 heterocycles. The molecule has 1 atom stereocenters. The average Bonchev–Trinajstić information content (AvgIpc) is 2.95. The second-order valence-electron chi connectivity index (χ2n) is 5.10. The maximum absolute atomic E-state index is 5.99. The summed E-state index contributed by atoms with van der Waals surface area (Å²) in [6.45, 7) is 5.52. The summed E-state index contributed by atoms with van der Waals surface area (Å²) in [5, 5.41) is 8.11. The lowest BCUT2D eigenvalue weighted by atomic mass is 10.0. The highest BCUT2D eigenvalue weighted by molar-refractivity contribution is 6.28. The van der Waals surface area contributed by atoms with Crippen molar-refractivity contribution in [2.45, 2.75) is 32.7 Å². The second kappa shape index (κ2) is 4.39. The van der Waals surface area contributed by atoms with Crippen molar-refractivity contribution in [3.63, 3.8) is 0 Å². The molecule has 1 fully saturated rings. The van der Waals surface area contributed by atoms with Gasteiger partial charge < -0.3 is 4.90 Å². The minimum atomic E-state index is 0.274. The number of aromatic amines is 1. The molecular formula is C12H16ClN5. The molecule has 0 aromatic carbocycles. The number of anilines is 1. The van der Waals surface area contributed by atoms with Crippen LogP contribution in [0.3, 0.4) is 0 Å². The molecule has 2 aromatic rings. The number of halogens is 1. The molecule has 1 N–H and O–H groups in total. The van der Waals surface area contributed by atoms with Gasteiger partial charge in [-0.3, -0.25) is 5.10 Å². The third-order valence-corrected chi connectivity index (χ3v) is 3.77. The maximum atomic E-state index is 5.99. The molecule has 2 aromatic heterocycles. The van der Waals surface area contributed by atoms with Crippen molar-refractivity contribution >= 4 is 28.5 Å². The molecule has 96 valence electrons. The summed E-state index contributed by atoms with van der Waals surface area (Å²) >= 11 is 5.99. The fraction of sp³-hybridized carbons (Fsp3) is 0.583. The third-order valence-electron chi connectivity index (χ3n) is 3.60. The SMILES string of the molecule is CC(C)C1CCCN1c1nc(Cl)nc2[nH]ncc12. The fourth-order valence-corrected chi connectivity index (χ4v) is 2.93. The Morgan fingerprint density at radius 2 is 2.28 bits per heavy atom. The van der Waals surface area contributed by atoms with E-state index in [9.17, 15) is 0 Å². The lowest BCUT2D eigenvalue weighted by molar-refractivity contribution is 0.490. The zero-order valence-electron chi connectivity index (χ0n) is 10.5. The Kier molecular flexibility index (Phi) is 2.86. The molecule has 0 amide bonds. The van der Waals surface area contributed by atoms with Gasteiger partial charge in [0.05, 0.1) is 11.6 Å². The van der Waals surface area contributed by atoms with Gasteiger partial charge in [-0.25, -0.2) is 0 Å². The number of fused-ring (bicyclic) bond motifs is 1. The van der Waals surface area contributed by atoms with Crippen LogP contribution in [-0.4, -0.2) is 32.8 Å². The Morgan fingerprint density at radius 1 is 1.44 bits per heavy atom. The van der Waals surface area contributed by atoms with Gasteiger partial charge in [-0.05, 0) is 30.4 Å². The predicted molar refractivity (Wildman–Crippen MR) is 71.9 cm³/mol. The molecule has 18 heavy (non-hydrogen) atoms. The first-order valence-corrected chi connectivity index (χ1v) is 6.68. The Bertz CT molecular complexity index is 565. The molecule has 0 radical (unpaired) electrons. The Hall–Kier alpha value is -1.36. The topological polar surface area (TPSA) is 57.7 Å². The number of nitrogens with zero attached hydrogens (tertiary/aromatic N) is 4. The van der Waals surface area contributed by atoms with E-state index in [1.54, 1.807) is 6.20 Å². The van der Waals surface area contributed by atoms with Gasteiger partial charge in [-0.1, -0.05) is 13.8 Å². The van der Waals surface area contributed by atoms with E-state index in [0.29, 0.717) is 17.6 Å². The van der Waals surface area contributed by atoms with E-state index in [0.717, 1.165) is 17.7 Å². The highest BCUT2D eigenvalue weighted by Crippen LogP contribution is 2.32. The van der Waals surface area contributed by atoms with Crippen LogP contribution in [0.5, 0.6) is 0 Å². The zero-order chi connectivity index (χ0) is 12.7. The summed E-state index contributed by atoms with van der Waals surface area (Å²) in [4.78, 5) is 10.9. The van der Waals surface area contributed by atoms with Crippen molar-refractivity contribution in [3.05, 3.63) is 11.5 Å². The van der Waals surface area contributed by atoms with Crippen LogP contribution in [0, 0.1) is 5.92 Å². The molecule has 0 spiro atoms. The van der Waals surface area contributed by atoms with Gasteiger partial charge >= 0.3 is 0 Å².